The molecule has 3 nitrogen and oxygen atoms in total. The Hall–Kier alpha value is -0.780. The van der Waals surface area contributed by atoms with E-state index in [0.717, 1.165) is 32.1 Å². The zero-order chi connectivity index (χ0) is 14.5. The van der Waals surface area contributed by atoms with Crippen molar-refractivity contribution in [2.24, 2.45) is 17.6 Å². The summed E-state index contributed by atoms with van der Waals surface area (Å²) >= 11 is 0. The smallest absolute Gasteiger partial charge is 0.345 e. The molecule has 0 aromatic carbocycles. The first kappa shape index (κ1) is 16.3. The van der Waals surface area contributed by atoms with Gasteiger partial charge in [-0.3, -0.25) is 4.79 Å². The Morgan fingerprint density at radius 2 is 2.05 bits per heavy atom. The number of carbonyl (C=O) groups is 1. The summed E-state index contributed by atoms with van der Waals surface area (Å²) in [4.78, 5) is 13.3. The van der Waals surface area contributed by atoms with Crippen LogP contribution in [0.3, 0.4) is 0 Å². The molecule has 1 aliphatic rings. The summed E-state index contributed by atoms with van der Waals surface area (Å²) in [5, 5.41) is 0. The van der Waals surface area contributed by atoms with Gasteiger partial charge in [0.25, 0.3) is 0 Å². The normalized spacial score (nSPS) is 24.3. The van der Waals surface area contributed by atoms with Crippen LogP contribution >= 0.6 is 0 Å². The summed E-state index contributed by atoms with van der Waals surface area (Å²) in [5.41, 5.74) is 5.52. The van der Waals surface area contributed by atoms with Gasteiger partial charge in [0.15, 0.2) is 0 Å². The van der Waals surface area contributed by atoms with Crippen LogP contribution in [0.5, 0.6) is 0 Å². The highest BCUT2D eigenvalue weighted by molar-refractivity contribution is 5.78. The predicted molar refractivity (Wildman–Crippen MR) is 67.4 cm³/mol. The van der Waals surface area contributed by atoms with Gasteiger partial charge in [-0.1, -0.05) is 12.8 Å². The zero-order valence-electron chi connectivity index (χ0n) is 11.4. The molecule has 0 aromatic heterocycles. The molecule has 112 valence electrons. The van der Waals surface area contributed by atoms with Gasteiger partial charge in [0, 0.05) is 19.5 Å². The molecule has 1 fully saturated rings. The molecule has 0 bridgehead atoms. The molecule has 1 aliphatic carbocycles. The summed E-state index contributed by atoms with van der Waals surface area (Å²) in [6.45, 7) is 0.357. The second-order valence-electron chi connectivity index (χ2n) is 5.43. The number of hydrogen-bond donors (Lipinski definition) is 1. The van der Waals surface area contributed by atoms with Crippen LogP contribution in [-0.2, 0) is 4.79 Å². The molecule has 2 unspecified atom stereocenters. The first-order valence-electron chi connectivity index (χ1n) is 6.85. The van der Waals surface area contributed by atoms with Crippen LogP contribution in [0, 0.1) is 11.8 Å². The summed E-state index contributed by atoms with van der Waals surface area (Å²) in [7, 11) is 1.46. The second-order valence-corrected chi connectivity index (χ2v) is 5.43. The van der Waals surface area contributed by atoms with Gasteiger partial charge < -0.3 is 10.6 Å². The van der Waals surface area contributed by atoms with Crippen molar-refractivity contribution in [2.75, 3.05) is 20.1 Å². The zero-order valence-corrected chi connectivity index (χ0v) is 11.4. The van der Waals surface area contributed by atoms with Gasteiger partial charge in [-0.2, -0.15) is 13.2 Å². The van der Waals surface area contributed by atoms with E-state index in [2.05, 4.69) is 0 Å². The van der Waals surface area contributed by atoms with Crippen LogP contribution in [0.15, 0.2) is 0 Å². The van der Waals surface area contributed by atoms with E-state index in [-0.39, 0.29) is 18.4 Å². The van der Waals surface area contributed by atoms with E-state index in [1.54, 1.807) is 0 Å². The van der Waals surface area contributed by atoms with Crippen LogP contribution in [0.2, 0.25) is 0 Å². The van der Waals surface area contributed by atoms with Crippen molar-refractivity contribution in [3.8, 4) is 0 Å². The average molecular weight is 280 g/mol. The Morgan fingerprint density at radius 1 is 1.37 bits per heavy atom. The van der Waals surface area contributed by atoms with Crippen molar-refractivity contribution in [1.82, 2.24) is 4.90 Å². The number of nitrogens with zero attached hydrogens (tertiary/aromatic N) is 1. The fraction of sp³-hybridized carbons (Fsp3) is 0.923. The highest BCUT2D eigenvalue weighted by atomic mass is 19.4. The highest BCUT2D eigenvalue weighted by Crippen LogP contribution is 2.32. The first-order valence-corrected chi connectivity index (χ1v) is 6.85. The molecule has 0 aromatic rings. The minimum Gasteiger partial charge on any atom is -0.345 e. The minimum atomic E-state index is -4.21. The number of halogens is 3. The number of alkyl halides is 3. The van der Waals surface area contributed by atoms with E-state index >= 15 is 0 Å². The van der Waals surface area contributed by atoms with E-state index in [1.165, 1.54) is 11.9 Å². The topological polar surface area (TPSA) is 46.3 Å². The SMILES string of the molecule is CN(CCC(F)(F)F)C(=O)C1CCCC(CCN)C1. The maximum Gasteiger partial charge on any atom is 0.390 e. The van der Waals surface area contributed by atoms with Crippen molar-refractivity contribution in [1.29, 1.82) is 0 Å². The fourth-order valence-electron chi connectivity index (χ4n) is 2.73. The molecule has 1 rings (SSSR count). The van der Waals surface area contributed by atoms with Crippen LogP contribution in [0.1, 0.15) is 38.5 Å². The number of amides is 1. The monoisotopic (exact) mass is 280 g/mol. The van der Waals surface area contributed by atoms with Crippen LogP contribution in [0.25, 0.3) is 0 Å². The Labute approximate surface area is 112 Å². The Balaban J connectivity index is 2.43. The standard InChI is InChI=1S/C13H23F3N2O/c1-18(8-6-13(14,15)16)12(19)11-4-2-3-10(9-11)5-7-17/h10-11H,2-9,17H2,1H3. The van der Waals surface area contributed by atoms with Crippen molar-refractivity contribution >= 4 is 5.91 Å². The van der Waals surface area contributed by atoms with Gasteiger partial charge in [0.2, 0.25) is 5.91 Å². The lowest BCUT2D eigenvalue weighted by Gasteiger charge is -2.31. The molecule has 0 spiro atoms. The molecule has 0 radical (unpaired) electrons. The lowest BCUT2D eigenvalue weighted by atomic mass is 9.79. The van der Waals surface area contributed by atoms with E-state index < -0.39 is 12.6 Å². The molecule has 1 saturated carbocycles. The van der Waals surface area contributed by atoms with Crippen molar-refractivity contribution < 1.29 is 18.0 Å². The van der Waals surface area contributed by atoms with Crippen LogP contribution in [0.4, 0.5) is 13.2 Å². The van der Waals surface area contributed by atoms with Gasteiger partial charge in [-0.15, -0.1) is 0 Å². The Morgan fingerprint density at radius 3 is 2.63 bits per heavy atom. The van der Waals surface area contributed by atoms with Crippen molar-refractivity contribution in [2.45, 2.75) is 44.7 Å². The lowest BCUT2D eigenvalue weighted by molar-refractivity contribution is -0.147. The lowest BCUT2D eigenvalue weighted by Crippen LogP contribution is -2.37. The molecule has 19 heavy (non-hydrogen) atoms. The number of rotatable bonds is 5. The van der Waals surface area contributed by atoms with E-state index in [1.807, 2.05) is 0 Å². The molecule has 0 aliphatic heterocycles. The molecule has 0 saturated heterocycles. The second kappa shape index (κ2) is 7.12. The molecule has 2 atom stereocenters. The van der Waals surface area contributed by atoms with Gasteiger partial charge in [0.05, 0.1) is 6.42 Å². The maximum absolute atomic E-state index is 12.1. The minimum absolute atomic E-state index is 0.122. The maximum atomic E-state index is 12.1. The molecule has 6 heteroatoms. The molecule has 2 N–H and O–H groups in total. The highest BCUT2D eigenvalue weighted by Gasteiger charge is 2.31. The molecular formula is C13H23F3N2O. The van der Waals surface area contributed by atoms with Gasteiger partial charge in [-0.05, 0) is 31.7 Å². The van der Waals surface area contributed by atoms with E-state index in [0.29, 0.717) is 12.5 Å². The third-order valence-corrected chi connectivity index (χ3v) is 3.81. The van der Waals surface area contributed by atoms with Gasteiger partial charge in [-0.25, -0.2) is 0 Å². The van der Waals surface area contributed by atoms with E-state index in [9.17, 15) is 18.0 Å². The quantitative estimate of drug-likeness (QED) is 0.841. The predicted octanol–water partition coefficient (Wildman–Crippen LogP) is 2.55. The largest absolute Gasteiger partial charge is 0.390 e. The van der Waals surface area contributed by atoms with Gasteiger partial charge in [0.1, 0.15) is 0 Å². The fourth-order valence-corrected chi connectivity index (χ4v) is 2.73. The summed E-state index contributed by atoms with van der Waals surface area (Å²) in [5.74, 6) is 0.179. The van der Waals surface area contributed by atoms with Crippen molar-refractivity contribution in [3.63, 3.8) is 0 Å². The Bertz CT molecular complexity index is 292. The van der Waals surface area contributed by atoms with Gasteiger partial charge >= 0.3 is 6.18 Å². The van der Waals surface area contributed by atoms with Crippen molar-refractivity contribution in [3.05, 3.63) is 0 Å². The third kappa shape index (κ3) is 5.80. The number of carbonyl (C=O) groups excluding carboxylic acids is 1. The molecule has 1 amide bonds. The average Bonchev–Trinajstić information content (AvgIpc) is 2.35. The van der Waals surface area contributed by atoms with E-state index in [4.69, 9.17) is 5.73 Å². The molecular weight excluding hydrogens is 257 g/mol. The third-order valence-electron chi connectivity index (χ3n) is 3.81. The molecule has 0 heterocycles. The number of nitrogens with two attached hydrogens (primary N) is 1. The number of hydrogen-bond acceptors (Lipinski definition) is 2. The Kier molecular flexibility index (Phi) is 6.10. The first-order chi connectivity index (χ1) is 8.83. The summed E-state index contributed by atoms with van der Waals surface area (Å²) in [6.07, 6.45) is -0.641. The van der Waals surface area contributed by atoms with Crippen LogP contribution in [-0.4, -0.2) is 37.1 Å². The van der Waals surface area contributed by atoms with Crippen LogP contribution < -0.4 is 5.73 Å². The summed E-state index contributed by atoms with van der Waals surface area (Å²) in [6, 6.07) is 0. The summed E-state index contributed by atoms with van der Waals surface area (Å²) < 4.78 is 36.4.